The van der Waals surface area contributed by atoms with Crippen LogP contribution < -0.4 is 20.0 Å². The fraction of sp³-hybridized carbons (Fsp3) is 0.419. The lowest BCUT2D eigenvalue weighted by molar-refractivity contribution is -0.143. The molecule has 0 radical (unpaired) electrons. The number of piperazine rings is 1. The topological polar surface area (TPSA) is 108 Å². The molecular formula is C31H31ClF6N10O. The number of halogens is 7. The number of aryl methyl sites for hydroxylation is 1. The SMILES string of the molecule is CC[C@@H]1C[C@H](N(Cc2cc(C(F)(F)F)cc(C(F)(F)F)c2)c2ncc(-c3cnn(C)c3)cn2)CN1c1nc(N2CCNC(=O)C2)ncc1Cl. The van der Waals surface area contributed by atoms with E-state index in [1.54, 1.807) is 33.9 Å². The van der Waals surface area contributed by atoms with Crippen LogP contribution in [0.15, 0.2) is 49.2 Å². The number of hydrogen-bond donors (Lipinski definition) is 1. The molecule has 11 nitrogen and oxygen atoms in total. The summed E-state index contributed by atoms with van der Waals surface area (Å²) in [5.41, 5.74) is -1.67. The first-order valence-electron chi connectivity index (χ1n) is 15.4. The second kappa shape index (κ2) is 13.3. The highest BCUT2D eigenvalue weighted by molar-refractivity contribution is 6.32. The maximum atomic E-state index is 13.8. The standard InChI is InChI=1S/C31H31ClF6N10O/c1-3-23-9-24(16-47(23)27-25(32)13-42-29(44-27)46-5-4-39-26(49)17-46)48(28-40-10-19(11-41-28)20-12-43-45(2)15-20)14-18-6-21(30(33,34)35)8-22(7-18)31(36,37)38/h6-8,10-13,15,23-24H,3-5,9,14,16-17H2,1-2H3,(H,39,49)/t23-,24+/m1/s1. The van der Waals surface area contributed by atoms with E-state index in [9.17, 15) is 31.1 Å². The maximum absolute atomic E-state index is 13.8. The number of nitrogens with one attached hydrogen (secondary N) is 1. The molecule has 0 bridgehead atoms. The molecule has 0 unspecified atom stereocenters. The van der Waals surface area contributed by atoms with E-state index in [0.717, 1.165) is 17.7 Å². The summed E-state index contributed by atoms with van der Waals surface area (Å²) in [6, 6.07) is 0.905. The van der Waals surface area contributed by atoms with Crippen LogP contribution in [0.2, 0.25) is 5.02 Å². The van der Waals surface area contributed by atoms with Crippen molar-refractivity contribution in [1.29, 1.82) is 0 Å². The number of amides is 1. The monoisotopic (exact) mass is 708 g/mol. The summed E-state index contributed by atoms with van der Waals surface area (Å²) in [6.45, 7) is 2.83. The van der Waals surface area contributed by atoms with E-state index in [1.165, 1.54) is 18.6 Å². The molecule has 1 N–H and O–H groups in total. The highest BCUT2D eigenvalue weighted by Crippen LogP contribution is 2.39. The van der Waals surface area contributed by atoms with Gasteiger partial charge in [-0.05, 0) is 36.6 Å². The third kappa shape index (κ3) is 7.50. The molecule has 3 aromatic heterocycles. The second-order valence-electron chi connectivity index (χ2n) is 11.9. The molecule has 1 aromatic carbocycles. The summed E-state index contributed by atoms with van der Waals surface area (Å²) in [5.74, 6) is 0.655. The predicted octanol–water partition coefficient (Wildman–Crippen LogP) is 5.36. The minimum atomic E-state index is -5.00. The van der Waals surface area contributed by atoms with Gasteiger partial charge in [0.2, 0.25) is 17.8 Å². The lowest BCUT2D eigenvalue weighted by atomic mass is 10.0. The Hall–Kier alpha value is -4.67. The zero-order chi connectivity index (χ0) is 35.1. The Morgan fingerprint density at radius 1 is 0.980 bits per heavy atom. The van der Waals surface area contributed by atoms with E-state index < -0.39 is 29.5 Å². The molecule has 2 aliphatic rings. The largest absolute Gasteiger partial charge is 0.416 e. The molecule has 260 valence electrons. The third-order valence-corrected chi connectivity index (χ3v) is 8.81. The van der Waals surface area contributed by atoms with Crippen LogP contribution in [0.1, 0.15) is 36.5 Å². The van der Waals surface area contributed by atoms with E-state index in [0.29, 0.717) is 43.3 Å². The molecule has 0 saturated carbocycles. The van der Waals surface area contributed by atoms with Gasteiger partial charge in [-0.15, -0.1) is 0 Å². The van der Waals surface area contributed by atoms with Crippen molar-refractivity contribution in [3.63, 3.8) is 0 Å². The van der Waals surface area contributed by atoms with Gasteiger partial charge in [0.15, 0.2) is 5.82 Å². The van der Waals surface area contributed by atoms with Crippen molar-refractivity contribution >= 4 is 35.2 Å². The Morgan fingerprint density at radius 3 is 2.27 bits per heavy atom. The minimum Gasteiger partial charge on any atom is -0.353 e. The summed E-state index contributed by atoms with van der Waals surface area (Å²) in [5, 5.41) is 7.15. The maximum Gasteiger partial charge on any atom is 0.416 e. The van der Waals surface area contributed by atoms with Gasteiger partial charge >= 0.3 is 12.4 Å². The number of anilines is 3. The van der Waals surface area contributed by atoms with Crippen LogP contribution in [0.25, 0.3) is 11.1 Å². The molecule has 2 atom stereocenters. The van der Waals surface area contributed by atoms with Crippen LogP contribution in [0, 0.1) is 0 Å². The van der Waals surface area contributed by atoms with Crippen molar-refractivity contribution in [2.24, 2.45) is 7.05 Å². The molecule has 49 heavy (non-hydrogen) atoms. The average Bonchev–Trinajstić information content (AvgIpc) is 3.69. The van der Waals surface area contributed by atoms with E-state index in [2.05, 4.69) is 25.4 Å². The molecule has 2 fully saturated rings. The van der Waals surface area contributed by atoms with E-state index in [-0.39, 0.29) is 54.2 Å². The van der Waals surface area contributed by atoms with E-state index in [1.807, 2.05) is 11.8 Å². The van der Waals surface area contributed by atoms with Gasteiger partial charge in [-0.3, -0.25) is 9.48 Å². The summed E-state index contributed by atoms with van der Waals surface area (Å²) >= 11 is 6.62. The van der Waals surface area contributed by atoms with Gasteiger partial charge in [-0.2, -0.15) is 36.4 Å². The normalized spacial score (nSPS) is 18.6. The van der Waals surface area contributed by atoms with Gasteiger partial charge in [0, 0.05) is 69.0 Å². The number of nitrogens with zero attached hydrogens (tertiary/aromatic N) is 9. The number of carbonyl (C=O) groups is 1. The van der Waals surface area contributed by atoms with Gasteiger partial charge in [0.05, 0.1) is 36.1 Å². The third-order valence-electron chi connectivity index (χ3n) is 8.54. The highest BCUT2D eigenvalue weighted by Gasteiger charge is 2.40. The Morgan fingerprint density at radius 2 is 1.67 bits per heavy atom. The molecule has 2 aliphatic heterocycles. The zero-order valence-electron chi connectivity index (χ0n) is 26.3. The van der Waals surface area contributed by atoms with Crippen LogP contribution in [-0.4, -0.2) is 73.9 Å². The van der Waals surface area contributed by atoms with Gasteiger partial charge in [-0.25, -0.2) is 15.0 Å². The molecule has 1 amide bonds. The fourth-order valence-electron chi connectivity index (χ4n) is 6.14. The van der Waals surface area contributed by atoms with Gasteiger partial charge < -0.3 is 20.0 Å². The molecule has 18 heteroatoms. The molecule has 0 aliphatic carbocycles. The Kier molecular flexibility index (Phi) is 9.30. The van der Waals surface area contributed by atoms with Crippen molar-refractivity contribution in [1.82, 2.24) is 35.0 Å². The van der Waals surface area contributed by atoms with Crippen molar-refractivity contribution < 1.29 is 31.1 Å². The highest BCUT2D eigenvalue weighted by atomic mass is 35.5. The predicted molar refractivity (Wildman–Crippen MR) is 169 cm³/mol. The van der Waals surface area contributed by atoms with Gasteiger partial charge in [-0.1, -0.05) is 18.5 Å². The van der Waals surface area contributed by atoms with Gasteiger partial charge in [0.25, 0.3) is 0 Å². The van der Waals surface area contributed by atoms with Crippen molar-refractivity contribution in [2.75, 3.05) is 40.9 Å². The van der Waals surface area contributed by atoms with Crippen molar-refractivity contribution in [3.05, 3.63) is 70.9 Å². The Labute approximate surface area is 281 Å². The lowest BCUT2D eigenvalue weighted by Crippen LogP contribution is -2.48. The van der Waals surface area contributed by atoms with Crippen LogP contribution in [0.3, 0.4) is 0 Å². The van der Waals surface area contributed by atoms with Crippen LogP contribution in [0.5, 0.6) is 0 Å². The number of hydrogen-bond acceptors (Lipinski definition) is 9. The average molecular weight is 709 g/mol. The smallest absolute Gasteiger partial charge is 0.353 e. The quantitative estimate of drug-likeness (QED) is 0.242. The zero-order valence-corrected chi connectivity index (χ0v) is 27.1. The second-order valence-corrected chi connectivity index (χ2v) is 12.3. The molecular weight excluding hydrogens is 678 g/mol. The molecule has 2 saturated heterocycles. The summed E-state index contributed by atoms with van der Waals surface area (Å²) in [4.78, 5) is 35.4. The van der Waals surface area contributed by atoms with Crippen LogP contribution >= 0.6 is 11.6 Å². The first-order valence-corrected chi connectivity index (χ1v) is 15.7. The van der Waals surface area contributed by atoms with Crippen molar-refractivity contribution in [2.45, 2.75) is 50.7 Å². The minimum absolute atomic E-state index is 0.0674. The van der Waals surface area contributed by atoms with E-state index >= 15 is 0 Å². The van der Waals surface area contributed by atoms with Crippen molar-refractivity contribution in [3.8, 4) is 11.1 Å². The first kappa shape index (κ1) is 34.2. The molecule has 0 spiro atoms. The van der Waals surface area contributed by atoms with Gasteiger partial charge in [0.1, 0.15) is 5.02 Å². The lowest BCUT2D eigenvalue weighted by Gasteiger charge is -2.31. The number of carbonyl (C=O) groups excluding carboxylic acids is 1. The fourth-order valence-corrected chi connectivity index (χ4v) is 6.34. The molecule has 4 aromatic rings. The number of aromatic nitrogens is 6. The number of alkyl halides is 6. The Bertz CT molecular complexity index is 1780. The summed E-state index contributed by atoms with van der Waals surface area (Å²) < 4.78 is 84.4. The van der Waals surface area contributed by atoms with E-state index in [4.69, 9.17) is 16.6 Å². The number of rotatable bonds is 8. The Balaban J connectivity index is 1.37. The summed E-state index contributed by atoms with van der Waals surface area (Å²) in [7, 11) is 1.75. The summed E-state index contributed by atoms with van der Waals surface area (Å²) in [6.07, 6.45) is -1.05. The first-order chi connectivity index (χ1) is 23.2. The molecule has 5 heterocycles. The molecule has 6 rings (SSSR count). The van der Waals surface area contributed by atoms with Crippen LogP contribution in [0.4, 0.5) is 44.1 Å². The van der Waals surface area contributed by atoms with Crippen LogP contribution in [-0.2, 0) is 30.7 Å². The number of benzene rings is 1.